The first-order valence-corrected chi connectivity index (χ1v) is 12.8. The molecule has 1 aromatic rings. The van der Waals surface area contributed by atoms with Crippen molar-refractivity contribution in [1.29, 1.82) is 0 Å². The molecule has 166 valence electrons. The molecule has 4 nitrogen and oxygen atoms in total. The van der Waals surface area contributed by atoms with Crippen molar-refractivity contribution in [3.8, 4) is 0 Å². The van der Waals surface area contributed by atoms with E-state index in [1.54, 1.807) is 0 Å². The fourth-order valence-corrected chi connectivity index (χ4v) is 7.81. The van der Waals surface area contributed by atoms with E-state index >= 15 is 0 Å². The van der Waals surface area contributed by atoms with Gasteiger partial charge in [-0.25, -0.2) is 0 Å². The molecule has 0 radical (unpaired) electrons. The lowest BCUT2D eigenvalue weighted by atomic mass is 9.64. The highest BCUT2D eigenvalue weighted by molar-refractivity contribution is 5.94. The molecule has 30 heavy (non-hydrogen) atoms. The minimum Gasteiger partial charge on any atom is -0.350 e. The summed E-state index contributed by atoms with van der Waals surface area (Å²) in [5.74, 6) is 1.49. The van der Waals surface area contributed by atoms with E-state index in [9.17, 15) is 4.79 Å². The lowest BCUT2D eigenvalue weighted by Gasteiger charge is -2.42. The molecule has 0 aliphatic heterocycles. The summed E-state index contributed by atoms with van der Waals surface area (Å²) in [7, 11) is 0. The molecule has 4 aliphatic carbocycles. The van der Waals surface area contributed by atoms with Crippen LogP contribution < -0.4 is 5.32 Å². The number of hydrogen-bond donors (Lipinski definition) is 1. The summed E-state index contributed by atoms with van der Waals surface area (Å²) >= 11 is 0. The number of hydrogen-bond acceptors (Lipinski definition) is 2. The summed E-state index contributed by atoms with van der Waals surface area (Å²) in [4.78, 5) is 13.4. The Kier molecular flexibility index (Phi) is 5.26. The van der Waals surface area contributed by atoms with Gasteiger partial charge in [-0.15, -0.1) is 0 Å². The minimum atomic E-state index is 0.0887. The van der Waals surface area contributed by atoms with Crippen LogP contribution >= 0.6 is 0 Å². The predicted molar refractivity (Wildman–Crippen MR) is 121 cm³/mol. The molecule has 1 aromatic heterocycles. The maximum absolute atomic E-state index is 13.4. The van der Waals surface area contributed by atoms with Gasteiger partial charge in [0.15, 0.2) is 5.69 Å². The van der Waals surface area contributed by atoms with E-state index in [1.807, 2.05) is 0 Å². The Bertz CT molecular complexity index is 799. The standard InChI is InChI=1S/C26H41N3O/c1-25(2)18-14-15-26(3,16-18)22(25)17-27-24(30)23-20-12-6-4-5-7-13-21(20)29(28-23)19-10-8-9-11-19/h18-19,22H,4-17H2,1-3H3,(H,27,30). The van der Waals surface area contributed by atoms with Gasteiger partial charge >= 0.3 is 0 Å². The molecule has 1 heterocycles. The number of carbonyl (C=O) groups excluding carboxylic acids is 1. The highest BCUT2D eigenvalue weighted by Crippen LogP contribution is 2.65. The van der Waals surface area contributed by atoms with Gasteiger partial charge in [-0.05, 0) is 80.5 Å². The van der Waals surface area contributed by atoms with Crippen LogP contribution in [-0.4, -0.2) is 22.2 Å². The fraction of sp³-hybridized carbons (Fsp3) is 0.846. The lowest BCUT2D eigenvalue weighted by molar-refractivity contribution is 0.0676. The van der Waals surface area contributed by atoms with Gasteiger partial charge in [0, 0.05) is 17.8 Å². The molecule has 3 fully saturated rings. The molecule has 0 spiro atoms. The summed E-state index contributed by atoms with van der Waals surface area (Å²) in [6.07, 6.45) is 16.2. The number of amides is 1. The van der Waals surface area contributed by atoms with Gasteiger partial charge in [-0.1, -0.05) is 46.5 Å². The maximum Gasteiger partial charge on any atom is 0.272 e. The van der Waals surface area contributed by atoms with Crippen LogP contribution in [0.25, 0.3) is 0 Å². The number of aromatic nitrogens is 2. The lowest BCUT2D eigenvalue weighted by Crippen LogP contribution is -2.43. The molecule has 0 saturated heterocycles. The quantitative estimate of drug-likeness (QED) is 0.675. The van der Waals surface area contributed by atoms with E-state index in [0.29, 0.717) is 22.8 Å². The SMILES string of the molecule is CC12CCC(C1)C(C)(C)C2CNC(=O)c1nn(C2CCCC2)c2c1CCCCCC2. The van der Waals surface area contributed by atoms with E-state index in [4.69, 9.17) is 5.10 Å². The van der Waals surface area contributed by atoms with Crippen LogP contribution in [0, 0.1) is 22.7 Å². The van der Waals surface area contributed by atoms with Crippen molar-refractivity contribution in [1.82, 2.24) is 15.1 Å². The Morgan fingerprint density at radius 3 is 2.47 bits per heavy atom. The van der Waals surface area contributed by atoms with Crippen molar-refractivity contribution in [2.75, 3.05) is 6.54 Å². The molecular weight excluding hydrogens is 370 g/mol. The summed E-state index contributed by atoms with van der Waals surface area (Å²) in [6.45, 7) is 8.14. The average Bonchev–Trinajstić information content (AvgIpc) is 3.42. The Morgan fingerprint density at radius 2 is 1.77 bits per heavy atom. The number of nitrogens with zero attached hydrogens (tertiary/aromatic N) is 2. The third-order valence-electron chi connectivity index (χ3n) is 9.63. The summed E-state index contributed by atoms with van der Waals surface area (Å²) in [5, 5.41) is 8.39. The largest absolute Gasteiger partial charge is 0.350 e. The van der Waals surface area contributed by atoms with Gasteiger partial charge in [0.05, 0.1) is 6.04 Å². The van der Waals surface area contributed by atoms with Crippen LogP contribution in [0.2, 0.25) is 0 Å². The fourth-order valence-electron chi connectivity index (χ4n) is 7.81. The number of carbonyl (C=O) groups is 1. The smallest absolute Gasteiger partial charge is 0.272 e. The van der Waals surface area contributed by atoms with E-state index < -0.39 is 0 Å². The van der Waals surface area contributed by atoms with E-state index in [0.717, 1.165) is 31.0 Å². The second-order valence-electron chi connectivity index (χ2n) is 11.7. The van der Waals surface area contributed by atoms with Gasteiger partial charge in [0.1, 0.15) is 0 Å². The Labute approximate surface area is 182 Å². The Balaban J connectivity index is 1.38. The zero-order valence-electron chi connectivity index (χ0n) is 19.4. The third kappa shape index (κ3) is 3.33. The monoisotopic (exact) mass is 411 g/mol. The number of rotatable bonds is 4. The van der Waals surface area contributed by atoms with Crippen LogP contribution in [0.15, 0.2) is 0 Å². The first-order chi connectivity index (χ1) is 14.4. The second kappa shape index (κ2) is 7.67. The normalized spacial score (nSPS) is 33.3. The molecule has 4 aliphatic rings. The van der Waals surface area contributed by atoms with Gasteiger partial charge in [0.2, 0.25) is 0 Å². The molecule has 3 unspecified atom stereocenters. The molecule has 5 rings (SSSR count). The molecule has 1 N–H and O–H groups in total. The van der Waals surface area contributed by atoms with E-state index in [-0.39, 0.29) is 5.91 Å². The highest BCUT2D eigenvalue weighted by atomic mass is 16.2. The Hall–Kier alpha value is -1.32. The van der Waals surface area contributed by atoms with Crippen molar-refractivity contribution in [2.24, 2.45) is 22.7 Å². The van der Waals surface area contributed by atoms with E-state index in [2.05, 4.69) is 30.8 Å². The minimum absolute atomic E-state index is 0.0887. The van der Waals surface area contributed by atoms with Crippen LogP contribution in [0.4, 0.5) is 0 Å². The van der Waals surface area contributed by atoms with Gasteiger partial charge in [-0.3, -0.25) is 9.48 Å². The molecule has 0 aromatic carbocycles. The van der Waals surface area contributed by atoms with Gasteiger partial charge in [0.25, 0.3) is 5.91 Å². The summed E-state index contributed by atoms with van der Waals surface area (Å²) in [6, 6.07) is 0.517. The van der Waals surface area contributed by atoms with Crippen molar-refractivity contribution in [3.05, 3.63) is 17.0 Å². The summed E-state index contributed by atoms with van der Waals surface area (Å²) < 4.78 is 2.30. The zero-order chi connectivity index (χ0) is 20.9. The Morgan fingerprint density at radius 1 is 1.03 bits per heavy atom. The van der Waals surface area contributed by atoms with Crippen LogP contribution in [-0.2, 0) is 12.8 Å². The molecule has 4 heteroatoms. The van der Waals surface area contributed by atoms with Crippen LogP contribution in [0.5, 0.6) is 0 Å². The van der Waals surface area contributed by atoms with Crippen LogP contribution in [0.3, 0.4) is 0 Å². The van der Waals surface area contributed by atoms with Crippen molar-refractivity contribution in [3.63, 3.8) is 0 Å². The van der Waals surface area contributed by atoms with Crippen molar-refractivity contribution < 1.29 is 4.79 Å². The molecule has 2 bridgehead atoms. The van der Waals surface area contributed by atoms with Crippen molar-refractivity contribution >= 4 is 5.91 Å². The third-order valence-corrected chi connectivity index (χ3v) is 9.63. The van der Waals surface area contributed by atoms with E-state index in [1.165, 1.54) is 81.9 Å². The van der Waals surface area contributed by atoms with Crippen LogP contribution in [0.1, 0.15) is 119 Å². The van der Waals surface area contributed by atoms with Crippen molar-refractivity contribution in [2.45, 2.75) is 110 Å². The topological polar surface area (TPSA) is 46.9 Å². The second-order valence-corrected chi connectivity index (χ2v) is 11.7. The van der Waals surface area contributed by atoms with Gasteiger partial charge < -0.3 is 5.32 Å². The highest BCUT2D eigenvalue weighted by Gasteiger charge is 2.58. The first-order valence-electron chi connectivity index (χ1n) is 12.8. The maximum atomic E-state index is 13.4. The number of nitrogens with one attached hydrogen (secondary N) is 1. The van der Waals surface area contributed by atoms with Gasteiger partial charge in [-0.2, -0.15) is 5.10 Å². The predicted octanol–water partition coefficient (Wildman–Crippen LogP) is 5.85. The molecule has 3 saturated carbocycles. The summed E-state index contributed by atoms with van der Waals surface area (Å²) in [5.41, 5.74) is 4.15. The first kappa shape index (κ1) is 20.6. The molecule has 1 amide bonds. The average molecular weight is 412 g/mol. The molecule has 3 atom stereocenters. The zero-order valence-corrected chi connectivity index (χ0v) is 19.4. The number of fused-ring (bicyclic) bond motifs is 3. The molecular formula is C26H41N3O.